The van der Waals surface area contributed by atoms with E-state index in [1.165, 1.54) is 16.5 Å². The van der Waals surface area contributed by atoms with Crippen molar-refractivity contribution in [1.29, 1.82) is 0 Å². The van der Waals surface area contributed by atoms with Crippen molar-refractivity contribution in [2.45, 2.75) is 27.7 Å². The molecule has 0 saturated heterocycles. The predicted molar refractivity (Wildman–Crippen MR) is 70.5 cm³/mol. The van der Waals surface area contributed by atoms with Crippen molar-refractivity contribution in [2.24, 2.45) is 0 Å². The van der Waals surface area contributed by atoms with E-state index in [9.17, 15) is 0 Å². The third-order valence-electron chi connectivity index (χ3n) is 3.88. The molecule has 0 spiro atoms. The summed E-state index contributed by atoms with van der Waals surface area (Å²) in [4.78, 5) is 0. The number of nitrogens with zero attached hydrogens (tertiary/aromatic N) is 1. The van der Waals surface area contributed by atoms with Crippen LogP contribution in [-0.4, -0.2) is 4.40 Å². The maximum Gasteiger partial charge on any atom is 0.207 e. The van der Waals surface area contributed by atoms with Gasteiger partial charge in [0.05, 0.1) is 5.52 Å². The lowest BCUT2D eigenvalue weighted by atomic mass is 9.97. The fourth-order valence-corrected chi connectivity index (χ4v) is 2.75. The van der Waals surface area contributed by atoms with Gasteiger partial charge >= 0.3 is 0 Å². The first kappa shape index (κ1) is 10.3. The summed E-state index contributed by atoms with van der Waals surface area (Å²) in [5, 5.41) is 1.23. The molecule has 2 heterocycles. The van der Waals surface area contributed by atoms with Crippen LogP contribution in [0, 0.1) is 27.7 Å². The van der Waals surface area contributed by atoms with E-state index in [1.807, 2.05) is 6.20 Å². The van der Waals surface area contributed by atoms with E-state index in [0.29, 0.717) is 0 Å². The normalized spacial score (nSPS) is 11.8. The van der Waals surface area contributed by atoms with Gasteiger partial charge in [0, 0.05) is 22.8 Å². The highest BCUT2D eigenvalue weighted by molar-refractivity contribution is 5.98. The van der Waals surface area contributed by atoms with Gasteiger partial charge in [-0.25, -0.2) is 0 Å². The summed E-state index contributed by atoms with van der Waals surface area (Å²) in [7, 11) is 0. The topological polar surface area (TPSA) is 43.6 Å². The summed E-state index contributed by atoms with van der Waals surface area (Å²) in [5.41, 5.74) is 13.9. The van der Waals surface area contributed by atoms with Gasteiger partial charge in [-0.2, -0.15) is 0 Å². The van der Waals surface area contributed by atoms with Crippen LogP contribution in [0.5, 0.6) is 0 Å². The van der Waals surface area contributed by atoms with Gasteiger partial charge in [0.2, 0.25) is 5.71 Å². The second-order valence-corrected chi connectivity index (χ2v) is 4.72. The second-order valence-electron chi connectivity index (χ2n) is 4.72. The number of aromatic nitrogens is 1. The lowest BCUT2D eigenvalue weighted by molar-refractivity contribution is 0.606. The van der Waals surface area contributed by atoms with Gasteiger partial charge in [-0.05, 0) is 44.4 Å². The molecule has 0 aliphatic carbocycles. The Morgan fingerprint density at radius 2 is 1.71 bits per heavy atom. The third-order valence-corrected chi connectivity index (χ3v) is 3.88. The van der Waals surface area contributed by atoms with E-state index in [4.69, 9.17) is 10.2 Å². The molecule has 88 valence electrons. The Labute approximate surface area is 99.8 Å². The molecule has 3 nitrogen and oxygen atoms in total. The smallest absolute Gasteiger partial charge is 0.207 e. The lowest BCUT2D eigenvalue weighted by Gasteiger charge is -2.11. The van der Waals surface area contributed by atoms with E-state index >= 15 is 0 Å². The molecule has 3 heteroatoms. The zero-order valence-corrected chi connectivity index (χ0v) is 10.6. The number of hydrogen-bond donors (Lipinski definition) is 1. The molecule has 0 radical (unpaired) electrons. The van der Waals surface area contributed by atoms with Crippen LogP contribution in [0.2, 0.25) is 0 Å². The van der Waals surface area contributed by atoms with Crippen molar-refractivity contribution in [3.63, 3.8) is 0 Å². The van der Waals surface area contributed by atoms with Crippen molar-refractivity contribution >= 4 is 22.3 Å². The first-order chi connectivity index (χ1) is 8.04. The number of rotatable bonds is 0. The Morgan fingerprint density at radius 1 is 1.00 bits per heavy atom. The first-order valence-electron chi connectivity index (χ1n) is 5.77. The maximum atomic E-state index is 6.17. The van der Waals surface area contributed by atoms with Gasteiger partial charge in [0.1, 0.15) is 6.26 Å². The highest BCUT2D eigenvalue weighted by atomic mass is 16.3. The lowest BCUT2D eigenvalue weighted by Crippen LogP contribution is -1.98. The van der Waals surface area contributed by atoms with E-state index in [0.717, 1.165) is 28.1 Å². The van der Waals surface area contributed by atoms with Crippen LogP contribution in [-0.2, 0) is 0 Å². The van der Waals surface area contributed by atoms with Gasteiger partial charge in [0.25, 0.3) is 0 Å². The van der Waals surface area contributed by atoms with Crippen molar-refractivity contribution in [1.82, 2.24) is 4.40 Å². The van der Waals surface area contributed by atoms with E-state index in [1.54, 1.807) is 6.26 Å². The van der Waals surface area contributed by atoms with E-state index in [-0.39, 0.29) is 0 Å². The Balaban J connectivity index is 2.73. The van der Waals surface area contributed by atoms with Crippen LogP contribution >= 0.6 is 0 Å². The van der Waals surface area contributed by atoms with E-state index in [2.05, 4.69) is 32.1 Å². The number of anilines is 1. The summed E-state index contributed by atoms with van der Waals surface area (Å²) in [6.45, 7) is 8.36. The molecule has 0 amide bonds. The number of nitrogen functional groups attached to an aromatic ring is 1. The first-order valence-corrected chi connectivity index (χ1v) is 5.77. The molecule has 0 aliphatic heterocycles. The molecule has 0 aliphatic rings. The quantitative estimate of drug-likeness (QED) is 0.598. The minimum atomic E-state index is 0.895. The molecule has 0 unspecified atom stereocenters. The van der Waals surface area contributed by atoms with Crippen LogP contribution in [0.1, 0.15) is 22.3 Å². The maximum absolute atomic E-state index is 6.17. The Hall–Kier alpha value is -1.90. The van der Waals surface area contributed by atoms with Crippen LogP contribution in [0.3, 0.4) is 0 Å². The van der Waals surface area contributed by atoms with Crippen LogP contribution < -0.4 is 5.73 Å². The Bertz CT molecular complexity index is 747. The molecule has 3 aromatic rings. The average molecular weight is 228 g/mol. The van der Waals surface area contributed by atoms with Gasteiger partial charge in [-0.1, -0.05) is 0 Å². The van der Waals surface area contributed by atoms with Crippen LogP contribution in [0.15, 0.2) is 16.9 Å². The summed E-state index contributed by atoms with van der Waals surface area (Å²) in [6.07, 6.45) is 3.69. The number of oxazole rings is 1. The molecule has 3 rings (SSSR count). The SMILES string of the molecule is Cc1c(N)c(C)c2c(C)c3occn3c2c1C. The molecule has 0 fully saturated rings. The van der Waals surface area contributed by atoms with Gasteiger partial charge in [0.15, 0.2) is 0 Å². The molecule has 2 N–H and O–H groups in total. The largest absolute Gasteiger partial charge is 0.446 e. The monoisotopic (exact) mass is 228 g/mol. The van der Waals surface area contributed by atoms with Crippen molar-refractivity contribution < 1.29 is 4.42 Å². The zero-order chi connectivity index (χ0) is 12.3. The van der Waals surface area contributed by atoms with Crippen LogP contribution in [0.4, 0.5) is 5.69 Å². The van der Waals surface area contributed by atoms with Gasteiger partial charge in [-0.3, -0.25) is 4.40 Å². The summed E-state index contributed by atoms with van der Waals surface area (Å²) in [6, 6.07) is 0. The molecule has 1 aromatic carbocycles. The third kappa shape index (κ3) is 1.06. The minimum Gasteiger partial charge on any atom is -0.446 e. The number of hydrogen-bond acceptors (Lipinski definition) is 2. The Morgan fingerprint density at radius 3 is 2.41 bits per heavy atom. The summed E-state index contributed by atoms with van der Waals surface area (Å²) in [5.74, 6) is 0. The van der Waals surface area contributed by atoms with Crippen LogP contribution in [0.25, 0.3) is 16.6 Å². The van der Waals surface area contributed by atoms with Gasteiger partial charge < -0.3 is 10.2 Å². The Kier molecular flexibility index (Phi) is 1.85. The second kappa shape index (κ2) is 3.06. The molecule has 17 heavy (non-hydrogen) atoms. The average Bonchev–Trinajstić information content (AvgIpc) is 2.86. The summed E-state index contributed by atoms with van der Waals surface area (Å²) < 4.78 is 7.66. The minimum absolute atomic E-state index is 0.895. The number of aryl methyl sites for hydroxylation is 3. The van der Waals surface area contributed by atoms with Crippen molar-refractivity contribution in [2.75, 3.05) is 5.73 Å². The fraction of sp³-hybridized carbons (Fsp3) is 0.286. The summed E-state index contributed by atoms with van der Waals surface area (Å²) >= 11 is 0. The predicted octanol–water partition coefficient (Wildman–Crippen LogP) is 3.50. The highest BCUT2D eigenvalue weighted by Gasteiger charge is 2.18. The zero-order valence-electron chi connectivity index (χ0n) is 10.6. The number of fused-ring (bicyclic) bond motifs is 3. The van der Waals surface area contributed by atoms with E-state index < -0.39 is 0 Å². The van der Waals surface area contributed by atoms with Gasteiger partial charge in [-0.15, -0.1) is 0 Å². The molecule has 0 saturated carbocycles. The van der Waals surface area contributed by atoms with Crippen molar-refractivity contribution in [3.8, 4) is 0 Å². The standard InChI is InChI=1S/C14H16N2O/c1-7-8(2)13-11(9(3)12(7)15)10(4)14-16(13)5-6-17-14/h5-6H,15H2,1-4H3. The number of nitrogens with two attached hydrogens (primary N) is 1. The fourth-order valence-electron chi connectivity index (χ4n) is 2.75. The molecular formula is C14H16N2O. The van der Waals surface area contributed by atoms with Crippen molar-refractivity contribution in [3.05, 3.63) is 34.7 Å². The number of benzene rings is 1. The molecule has 0 bridgehead atoms. The molecular weight excluding hydrogens is 212 g/mol. The molecule has 0 atom stereocenters. The highest BCUT2D eigenvalue weighted by Crippen LogP contribution is 2.36. The molecule has 2 aromatic heterocycles.